The summed E-state index contributed by atoms with van der Waals surface area (Å²) in [5, 5.41) is 0. The fourth-order valence-electron chi connectivity index (χ4n) is 2.23. The van der Waals surface area contributed by atoms with Crippen molar-refractivity contribution in [2.45, 2.75) is 90.5 Å². The summed E-state index contributed by atoms with van der Waals surface area (Å²) in [5.41, 5.74) is 3.70. The molecule has 0 aliphatic carbocycles. The fourth-order valence-corrected chi connectivity index (χ4v) is 2.23. The number of ether oxygens (including phenoxy) is 2. The van der Waals surface area contributed by atoms with Gasteiger partial charge >= 0.3 is 11.9 Å². The molecule has 0 saturated heterocycles. The number of halogens is 1. The van der Waals surface area contributed by atoms with Crippen molar-refractivity contribution >= 4 is 11.9 Å². The van der Waals surface area contributed by atoms with E-state index in [1.165, 1.54) is 25.7 Å². The molecular formula is C18H36ClNO4. The zero-order valence-electron chi connectivity index (χ0n) is 15.5. The molecule has 0 amide bonds. The summed E-state index contributed by atoms with van der Waals surface area (Å²) in [6.07, 6.45) is 11.1. The molecule has 0 aliphatic heterocycles. The Labute approximate surface area is 153 Å². The molecule has 0 aromatic heterocycles. The molecule has 144 valence electrons. The van der Waals surface area contributed by atoms with E-state index in [0.717, 1.165) is 38.5 Å². The molecule has 0 radical (unpaired) electrons. The van der Waals surface area contributed by atoms with E-state index in [1.807, 2.05) is 0 Å². The summed E-state index contributed by atoms with van der Waals surface area (Å²) < 4.78 is 10.3. The largest absolute Gasteiger partial charge is 1.00 e. The molecule has 0 saturated carbocycles. The van der Waals surface area contributed by atoms with Gasteiger partial charge in [-0.2, -0.15) is 0 Å². The second-order valence-corrected chi connectivity index (χ2v) is 6.12. The van der Waals surface area contributed by atoms with Crippen LogP contribution in [0.25, 0.3) is 0 Å². The van der Waals surface area contributed by atoms with E-state index >= 15 is 0 Å². The third-order valence-electron chi connectivity index (χ3n) is 3.75. The highest BCUT2D eigenvalue weighted by Crippen LogP contribution is 2.05. The van der Waals surface area contributed by atoms with E-state index in [0.29, 0.717) is 13.2 Å². The van der Waals surface area contributed by atoms with Crippen molar-refractivity contribution in [1.29, 1.82) is 0 Å². The smallest absolute Gasteiger partial charge is 0.365 e. The molecule has 1 atom stereocenters. The van der Waals surface area contributed by atoms with Crippen LogP contribution in [0.4, 0.5) is 0 Å². The molecule has 6 heteroatoms. The van der Waals surface area contributed by atoms with Gasteiger partial charge in [-0.15, -0.1) is 0 Å². The summed E-state index contributed by atoms with van der Waals surface area (Å²) in [6.45, 7) is 5.17. The van der Waals surface area contributed by atoms with Crippen LogP contribution in [0.5, 0.6) is 0 Å². The van der Waals surface area contributed by atoms with Gasteiger partial charge in [-0.1, -0.05) is 65.2 Å². The van der Waals surface area contributed by atoms with E-state index < -0.39 is 12.0 Å². The Kier molecular flexibility index (Phi) is 19.6. The number of carbonyl (C=O) groups excluding carboxylic acids is 2. The molecule has 0 bridgehead atoms. The predicted octanol–water partition coefficient (Wildman–Crippen LogP) is 0.0182. The van der Waals surface area contributed by atoms with Crippen molar-refractivity contribution in [1.82, 2.24) is 0 Å². The summed E-state index contributed by atoms with van der Waals surface area (Å²) in [6, 6.07) is -0.668. The zero-order valence-corrected chi connectivity index (χ0v) is 16.2. The Morgan fingerprint density at radius 3 is 1.83 bits per heavy atom. The molecule has 0 heterocycles. The number of carbonyl (C=O) groups is 2. The van der Waals surface area contributed by atoms with Crippen molar-refractivity contribution in [2.24, 2.45) is 0 Å². The second-order valence-electron chi connectivity index (χ2n) is 6.12. The first-order valence-corrected chi connectivity index (χ1v) is 9.27. The molecule has 0 aromatic carbocycles. The van der Waals surface area contributed by atoms with Crippen LogP contribution in [-0.4, -0.2) is 31.2 Å². The molecule has 0 rings (SSSR count). The Bertz CT molecular complexity index is 313. The number of unbranched alkanes of at least 4 members (excludes halogenated alkanes) is 8. The van der Waals surface area contributed by atoms with Crippen molar-refractivity contribution in [3.8, 4) is 0 Å². The van der Waals surface area contributed by atoms with Gasteiger partial charge in [0.2, 0.25) is 0 Å². The van der Waals surface area contributed by atoms with Crippen molar-refractivity contribution in [3.05, 3.63) is 0 Å². The number of esters is 2. The van der Waals surface area contributed by atoms with Gasteiger partial charge in [0.25, 0.3) is 0 Å². The first-order valence-electron chi connectivity index (χ1n) is 9.27. The van der Waals surface area contributed by atoms with Gasteiger partial charge in [0.15, 0.2) is 6.04 Å². The Morgan fingerprint density at radius 2 is 1.25 bits per heavy atom. The minimum atomic E-state index is -0.668. The molecule has 0 spiro atoms. The first-order chi connectivity index (χ1) is 11.1. The molecule has 1 unspecified atom stereocenters. The zero-order chi connectivity index (χ0) is 17.3. The van der Waals surface area contributed by atoms with Crippen LogP contribution in [0.15, 0.2) is 0 Å². The van der Waals surface area contributed by atoms with Gasteiger partial charge in [-0.05, 0) is 12.8 Å². The molecule has 0 fully saturated rings. The third kappa shape index (κ3) is 16.1. The fraction of sp³-hybridized carbons (Fsp3) is 0.889. The van der Waals surface area contributed by atoms with E-state index in [1.54, 1.807) is 0 Å². The summed E-state index contributed by atoms with van der Waals surface area (Å²) in [7, 11) is 0. The predicted molar refractivity (Wildman–Crippen MR) is 90.7 cm³/mol. The van der Waals surface area contributed by atoms with E-state index in [9.17, 15) is 9.59 Å². The lowest BCUT2D eigenvalue weighted by Crippen LogP contribution is -3.00. The topological polar surface area (TPSA) is 80.2 Å². The van der Waals surface area contributed by atoms with Crippen LogP contribution in [0.3, 0.4) is 0 Å². The normalized spacial score (nSPS) is 11.5. The van der Waals surface area contributed by atoms with Crippen LogP contribution in [0.2, 0.25) is 0 Å². The van der Waals surface area contributed by atoms with E-state index in [2.05, 4.69) is 19.6 Å². The lowest BCUT2D eigenvalue weighted by Gasteiger charge is -2.09. The molecule has 24 heavy (non-hydrogen) atoms. The quantitative estimate of drug-likeness (QED) is 0.327. The highest BCUT2D eigenvalue weighted by molar-refractivity contribution is 5.81. The molecule has 3 N–H and O–H groups in total. The number of hydrogen-bond acceptors (Lipinski definition) is 4. The third-order valence-corrected chi connectivity index (χ3v) is 3.75. The minimum Gasteiger partial charge on any atom is -1.00 e. The number of hydrogen-bond donors (Lipinski definition) is 1. The van der Waals surface area contributed by atoms with Gasteiger partial charge in [0.1, 0.15) is 6.42 Å². The van der Waals surface area contributed by atoms with Crippen LogP contribution >= 0.6 is 0 Å². The average molecular weight is 366 g/mol. The number of quaternary nitrogens is 1. The van der Waals surface area contributed by atoms with Crippen molar-refractivity contribution in [3.63, 3.8) is 0 Å². The second kappa shape index (κ2) is 18.5. The van der Waals surface area contributed by atoms with Gasteiger partial charge in [-0.3, -0.25) is 4.79 Å². The summed E-state index contributed by atoms with van der Waals surface area (Å²) in [5.74, 6) is -0.764. The van der Waals surface area contributed by atoms with Crippen LogP contribution < -0.4 is 18.1 Å². The van der Waals surface area contributed by atoms with Crippen LogP contribution in [0.1, 0.15) is 84.5 Å². The van der Waals surface area contributed by atoms with Gasteiger partial charge in [0.05, 0.1) is 13.2 Å². The van der Waals surface area contributed by atoms with Crippen LogP contribution in [0, 0.1) is 0 Å². The maximum atomic E-state index is 11.7. The van der Waals surface area contributed by atoms with Crippen molar-refractivity contribution in [2.75, 3.05) is 13.2 Å². The minimum absolute atomic E-state index is 0. The molecule has 0 aromatic rings. The monoisotopic (exact) mass is 365 g/mol. The first kappa shape index (κ1) is 25.4. The summed E-state index contributed by atoms with van der Waals surface area (Å²) in [4.78, 5) is 23.3. The van der Waals surface area contributed by atoms with Crippen LogP contribution in [-0.2, 0) is 19.1 Å². The lowest BCUT2D eigenvalue weighted by molar-refractivity contribution is -0.407. The van der Waals surface area contributed by atoms with Crippen molar-refractivity contribution < 1.29 is 37.2 Å². The summed E-state index contributed by atoms with van der Waals surface area (Å²) >= 11 is 0. The van der Waals surface area contributed by atoms with Gasteiger partial charge in [0, 0.05) is 0 Å². The highest BCUT2D eigenvalue weighted by atomic mass is 35.5. The lowest BCUT2D eigenvalue weighted by atomic mass is 10.1. The standard InChI is InChI=1S/C18H35NO4.ClH/c1-3-5-7-9-10-12-13-22-17(20)15-16(19)18(21)23-14-11-8-6-4-2;/h16H,3-15,19H2,1-2H3;1H. The highest BCUT2D eigenvalue weighted by Gasteiger charge is 2.23. The molecular weight excluding hydrogens is 330 g/mol. The molecule has 5 nitrogen and oxygen atoms in total. The van der Waals surface area contributed by atoms with E-state index in [4.69, 9.17) is 9.47 Å². The SMILES string of the molecule is CCCCCCCCOC(=O)CC([NH3+])C(=O)OCCCCCC.[Cl-]. The van der Waals surface area contributed by atoms with Gasteiger partial charge < -0.3 is 27.6 Å². The number of rotatable bonds is 15. The maximum Gasteiger partial charge on any atom is 0.365 e. The van der Waals surface area contributed by atoms with E-state index in [-0.39, 0.29) is 24.8 Å². The Morgan fingerprint density at radius 1 is 0.792 bits per heavy atom. The Hall–Kier alpha value is -0.810. The average Bonchev–Trinajstić information content (AvgIpc) is 2.53. The Balaban J connectivity index is 0. The molecule has 0 aliphatic rings. The maximum absolute atomic E-state index is 11.7. The van der Waals surface area contributed by atoms with Gasteiger partial charge in [-0.25, -0.2) is 4.79 Å².